The number of hydrogen-bond acceptors (Lipinski definition) is 1. The van der Waals surface area contributed by atoms with Gasteiger partial charge in [-0.25, -0.2) is 0 Å². The van der Waals surface area contributed by atoms with E-state index in [1.807, 2.05) is 12.1 Å². The van der Waals surface area contributed by atoms with Crippen LogP contribution in [0.5, 0.6) is 0 Å². The highest BCUT2D eigenvalue weighted by molar-refractivity contribution is 6.22. The second-order valence-electron chi connectivity index (χ2n) is 13.2. The fourth-order valence-corrected chi connectivity index (χ4v) is 8.32. The van der Waals surface area contributed by atoms with E-state index in [1.54, 1.807) is 0 Å². The molecule has 1 aromatic heterocycles. The van der Waals surface area contributed by atoms with Crippen molar-refractivity contribution in [1.82, 2.24) is 0 Å². The van der Waals surface area contributed by atoms with Crippen LogP contribution < -0.4 is 0 Å². The standard InChI is InChI=1S/C45H30O/c1-45(2)38-19-10-12-27-11-9-18-32(44(27)38)30-23-21-29(26-39(30)45)43-35-16-5-3-14-33(35)42(34-15-4-6-17-36(34)43)28-22-24-41-37(25-28)31-13-7-8-20-40(31)46-41/h3-26H,1-2H3. The van der Waals surface area contributed by atoms with E-state index in [4.69, 9.17) is 4.42 Å². The SMILES string of the molecule is CC1(C)c2cc(-c3c4ccccc4c(-c4ccc5oc6ccccc6c5c4)c4ccccc34)ccc2-c2cccc3cccc1c23. The van der Waals surface area contributed by atoms with Crippen LogP contribution in [0.4, 0.5) is 0 Å². The second kappa shape index (κ2) is 9.19. The van der Waals surface area contributed by atoms with Gasteiger partial charge in [-0.1, -0.05) is 135 Å². The third-order valence-electron chi connectivity index (χ3n) is 10.4. The summed E-state index contributed by atoms with van der Waals surface area (Å²) < 4.78 is 6.20. The fraction of sp³-hybridized carbons (Fsp3) is 0.0667. The Bertz CT molecular complexity index is 2660. The minimum Gasteiger partial charge on any atom is -0.456 e. The van der Waals surface area contributed by atoms with Crippen molar-refractivity contribution in [1.29, 1.82) is 0 Å². The molecule has 8 aromatic carbocycles. The van der Waals surface area contributed by atoms with Gasteiger partial charge in [-0.05, 0) is 101 Å². The Balaban J connectivity index is 1.26. The lowest BCUT2D eigenvalue weighted by molar-refractivity contribution is 0.645. The Morgan fingerprint density at radius 2 is 0.978 bits per heavy atom. The van der Waals surface area contributed by atoms with Gasteiger partial charge in [0.25, 0.3) is 0 Å². The zero-order chi connectivity index (χ0) is 30.6. The quantitative estimate of drug-likeness (QED) is 0.184. The van der Waals surface area contributed by atoms with E-state index < -0.39 is 0 Å². The summed E-state index contributed by atoms with van der Waals surface area (Å²) in [5.74, 6) is 0. The zero-order valence-corrected chi connectivity index (χ0v) is 25.8. The molecule has 46 heavy (non-hydrogen) atoms. The number of benzene rings is 8. The average Bonchev–Trinajstić information content (AvgIpc) is 3.47. The van der Waals surface area contributed by atoms with E-state index >= 15 is 0 Å². The molecule has 1 heteroatoms. The van der Waals surface area contributed by atoms with Crippen molar-refractivity contribution in [3.63, 3.8) is 0 Å². The summed E-state index contributed by atoms with van der Waals surface area (Å²) in [6, 6.07) is 53.5. The highest BCUT2D eigenvalue weighted by Gasteiger charge is 2.33. The smallest absolute Gasteiger partial charge is 0.135 e. The molecule has 0 bridgehead atoms. The minimum atomic E-state index is -0.131. The molecular weight excluding hydrogens is 556 g/mol. The van der Waals surface area contributed by atoms with E-state index in [1.165, 1.54) is 76.8 Å². The van der Waals surface area contributed by atoms with Crippen LogP contribution >= 0.6 is 0 Å². The van der Waals surface area contributed by atoms with Crippen LogP contribution in [0.2, 0.25) is 0 Å². The average molecular weight is 587 g/mol. The maximum absolute atomic E-state index is 6.20. The lowest BCUT2D eigenvalue weighted by Crippen LogP contribution is -2.23. The van der Waals surface area contributed by atoms with Gasteiger partial charge in [0.2, 0.25) is 0 Å². The molecule has 0 atom stereocenters. The maximum Gasteiger partial charge on any atom is 0.135 e. The Morgan fingerprint density at radius 1 is 0.413 bits per heavy atom. The van der Waals surface area contributed by atoms with Crippen LogP contribution in [0.15, 0.2) is 150 Å². The van der Waals surface area contributed by atoms with E-state index in [-0.39, 0.29) is 5.41 Å². The van der Waals surface area contributed by atoms with Crippen molar-refractivity contribution in [2.75, 3.05) is 0 Å². The van der Waals surface area contributed by atoms with Crippen LogP contribution in [0.25, 0.3) is 87.6 Å². The van der Waals surface area contributed by atoms with Gasteiger partial charge in [0.15, 0.2) is 0 Å². The molecule has 0 saturated heterocycles. The van der Waals surface area contributed by atoms with Gasteiger partial charge in [-0.15, -0.1) is 0 Å². The predicted molar refractivity (Wildman–Crippen MR) is 195 cm³/mol. The Morgan fingerprint density at radius 3 is 1.67 bits per heavy atom. The molecule has 0 N–H and O–H groups in total. The third-order valence-corrected chi connectivity index (χ3v) is 10.4. The summed E-state index contributed by atoms with van der Waals surface area (Å²) in [5.41, 5.74) is 12.2. The van der Waals surface area contributed by atoms with Crippen molar-refractivity contribution in [3.8, 4) is 33.4 Å². The third kappa shape index (κ3) is 3.40. The monoisotopic (exact) mass is 586 g/mol. The van der Waals surface area contributed by atoms with Crippen LogP contribution in [-0.4, -0.2) is 0 Å². The Kier molecular flexibility index (Phi) is 5.12. The molecule has 0 saturated carbocycles. The van der Waals surface area contributed by atoms with E-state index in [2.05, 4.69) is 147 Å². The molecule has 0 fully saturated rings. The van der Waals surface area contributed by atoms with Crippen LogP contribution in [0.3, 0.4) is 0 Å². The molecule has 0 spiro atoms. The van der Waals surface area contributed by atoms with Crippen LogP contribution in [0.1, 0.15) is 25.0 Å². The van der Waals surface area contributed by atoms with Gasteiger partial charge >= 0.3 is 0 Å². The molecule has 1 aliphatic rings. The lowest BCUT2D eigenvalue weighted by atomic mass is 9.68. The molecule has 0 radical (unpaired) electrons. The number of para-hydroxylation sites is 1. The molecule has 0 aliphatic heterocycles. The number of furan rings is 1. The predicted octanol–water partition coefficient (Wildman–Crippen LogP) is 12.7. The van der Waals surface area contributed by atoms with Crippen molar-refractivity contribution in [2.45, 2.75) is 19.3 Å². The number of hydrogen-bond donors (Lipinski definition) is 0. The van der Waals surface area contributed by atoms with Gasteiger partial charge < -0.3 is 4.42 Å². The van der Waals surface area contributed by atoms with Gasteiger partial charge in [0, 0.05) is 16.2 Å². The second-order valence-corrected chi connectivity index (χ2v) is 13.2. The minimum absolute atomic E-state index is 0.131. The first-order chi connectivity index (χ1) is 22.6. The first-order valence-electron chi connectivity index (χ1n) is 16.1. The topological polar surface area (TPSA) is 13.1 Å². The van der Waals surface area contributed by atoms with Crippen molar-refractivity contribution >= 4 is 54.3 Å². The first-order valence-corrected chi connectivity index (χ1v) is 16.1. The van der Waals surface area contributed by atoms with E-state index in [0.29, 0.717) is 0 Å². The summed E-state index contributed by atoms with van der Waals surface area (Å²) >= 11 is 0. The zero-order valence-electron chi connectivity index (χ0n) is 25.8. The van der Waals surface area contributed by atoms with Crippen LogP contribution in [0, 0.1) is 0 Å². The van der Waals surface area contributed by atoms with Crippen molar-refractivity contribution < 1.29 is 4.42 Å². The Hall–Kier alpha value is -5.66. The highest BCUT2D eigenvalue weighted by atomic mass is 16.3. The van der Waals surface area contributed by atoms with Gasteiger partial charge in [0.1, 0.15) is 11.2 Å². The fourth-order valence-electron chi connectivity index (χ4n) is 8.32. The van der Waals surface area contributed by atoms with Crippen molar-refractivity contribution in [3.05, 3.63) is 157 Å². The maximum atomic E-state index is 6.20. The van der Waals surface area contributed by atoms with Gasteiger partial charge in [-0.2, -0.15) is 0 Å². The molecule has 0 amide bonds. The molecule has 1 nitrogen and oxygen atoms in total. The Labute approximate surface area is 267 Å². The summed E-state index contributed by atoms with van der Waals surface area (Å²) in [5, 5.41) is 10.1. The molecular formula is C45H30O. The lowest BCUT2D eigenvalue weighted by Gasteiger charge is -2.35. The van der Waals surface area contributed by atoms with Crippen LogP contribution in [-0.2, 0) is 5.41 Å². The summed E-state index contributed by atoms with van der Waals surface area (Å²) in [4.78, 5) is 0. The molecule has 216 valence electrons. The van der Waals surface area contributed by atoms with E-state index in [9.17, 15) is 0 Å². The summed E-state index contributed by atoms with van der Waals surface area (Å²) in [6.07, 6.45) is 0. The molecule has 1 heterocycles. The molecule has 1 aliphatic carbocycles. The van der Waals surface area contributed by atoms with Crippen molar-refractivity contribution in [2.24, 2.45) is 0 Å². The highest BCUT2D eigenvalue weighted by Crippen LogP contribution is 2.51. The van der Waals surface area contributed by atoms with Gasteiger partial charge in [0.05, 0.1) is 0 Å². The number of fused-ring (bicyclic) bond motifs is 7. The number of rotatable bonds is 2. The van der Waals surface area contributed by atoms with E-state index in [0.717, 1.165) is 21.9 Å². The molecule has 9 aromatic rings. The first kappa shape index (κ1) is 25.6. The molecule has 0 unspecified atom stereocenters. The normalized spacial score (nSPS) is 13.6. The molecule has 10 rings (SSSR count). The largest absolute Gasteiger partial charge is 0.456 e. The summed E-state index contributed by atoms with van der Waals surface area (Å²) in [6.45, 7) is 4.77. The summed E-state index contributed by atoms with van der Waals surface area (Å²) in [7, 11) is 0. The van der Waals surface area contributed by atoms with Gasteiger partial charge in [-0.3, -0.25) is 0 Å².